The lowest BCUT2D eigenvalue weighted by Crippen LogP contribution is -2.40. The Balaban J connectivity index is 2.25. The van der Waals surface area contributed by atoms with Crippen LogP contribution >= 0.6 is 15.9 Å². The van der Waals surface area contributed by atoms with E-state index < -0.39 is 12.0 Å². The van der Waals surface area contributed by atoms with Crippen LogP contribution < -0.4 is 5.73 Å². The summed E-state index contributed by atoms with van der Waals surface area (Å²) in [5.41, 5.74) is 6.64. The first-order chi connectivity index (χ1) is 8.50. The summed E-state index contributed by atoms with van der Waals surface area (Å²) >= 11 is 3.25. The Bertz CT molecular complexity index is 504. The van der Waals surface area contributed by atoms with E-state index in [1.165, 1.54) is 4.90 Å². The van der Waals surface area contributed by atoms with Crippen molar-refractivity contribution in [2.45, 2.75) is 18.9 Å². The van der Waals surface area contributed by atoms with Gasteiger partial charge in [-0.15, -0.1) is 0 Å². The number of anilines is 1. The van der Waals surface area contributed by atoms with E-state index in [0.717, 1.165) is 6.42 Å². The highest BCUT2D eigenvalue weighted by Crippen LogP contribution is 2.24. The number of hydrogen-bond acceptors (Lipinski definition) is 3. The molecule has 0 unspecified atom stereocenters. The van der Waals surface area contributed by atoms with Gasteiger partial charge in [0.05, 0.1) is 0 Å². The Morgan fingerprint density at radius 3 is 2.78 bits per heavy atom. The van der Waals surface area contributed by atoms with Crippen LogP contribution in [0.4, 0.5) is 5.69 Å². The van der Waals surface area contributed by atoms with E-state index >= 15 is 0 Å². The van der Waals surface area contributed by atoms with Crippen molar-refractivity contribution in [3.63, 3.8) is 0 Å². The van der Waals surface area contributed by atoms with Crippen LogP contribution in [0.15, 0.2) is 22.7 Å². The van der Waals surface area contributed by atoms with Gasteiger partial charge < -0.3 is 15.7 Å². The second-order valence-corrected chi connectivity index (χ2v) is 5.09. The molecule has 1 aliphatic heterocycles. The summed E-state index contributed by atoms with van der Waals surface area (Å²) in [6, 6.07) is 4.14. The molecule has 0 saturated carbocycles. The maximum Gasteiger partial charge on any atom is 0.326 e. The van der Waals surface area contributed by atoms with Crippen LogP contribution in [-0.2, 0) is 4.79 Å². The zero-order chi connectivity index (χ0) is 13.3. The highest BCUT2D eigenvalue weighted by Gasteiger charge is 2.34. The van der Waals surface area contributed by atoms with Crippen molar-refractivity contribution in [2.75, 3.05) is 12.3 Å². The molecule has 1 aliphatic rings. The number of carboxylic acid groups (broad SMARTS) is 1. The van der Waals surface area contributed by atoms with Crippen LogP contribution in [0.1, 0.15) is 23.2 Å². The Hall–Kier alpha value is -1.56. The topological polar surface area (TPSA) is 83.6 Å². The van der Waals surface area contributed by atoms with Gasteiger partial charge in [-0.25, -0.2) is 4.79 Å². The molecular formula is C12H13BrN2O3. The fourth-order valence-electron chi connectivity index (χ4n) is 2.09. The van der Waals surface area contributed by atoms with Crippen molar-refractivity contribution in [1.29, 1.82) is 0 Å². The molecule has 1 atom stereocenters. The lowest BCUT2D eigenvalue weighted by Gasteiger charge is -2.21. The van der Waals surface area contributed by atoms with Gasteiger partial charge in [-0.1, -0.05) is 0 Å². The molecule has 96 valence electrons. The van der Waals surface area contributed by atoms with Crippen molar-refractivity contribution in [2.24, 2.45) is 0 Å². The molecule has 0 spiro atoms. The predicted molar refractivity (Wildman–Crippen MR) is 70.2 cm³/mol. The molecule has 3 N–H and O–H groups in total. The molecule has 1 saturated heterocycles. The van der Waals surface area contributed by atoms with Crippen molar-refractivity contribution >= 4 is 33.5 Å². The van der Waals surface area contributed by atoms with E-state index in [1.54, 1.807) is 18.2 Å². The number of aliphatic carboxylic acids is 1. The van der Waals surface area contributed by atoms with Gasteiger partial charge in [0.2, 0.25) is 0 Å². The zero-order valence-electron chi connectivity index (χ0n) is 9.60. The van der Waals surface area contributed by atoms with Gasteiger partial charge in [0, 0.05) is 22.3 Å². The average Bonchev–Trinajstić information content (AvgIpc) is 2.81. The number of nitrogens with zero attached hydrogens (tertiary/aromatic N) is 1. The summed E-state index contributed by atoms with van der Waals surface area (Å²) in [6.45, 7) is 0.484. The van der Waals surface area contributed by atoms with E-state index in [-0.39, 0.29) is 5.91 Å². The molecule has 1 heterocycles. The van der Waals surface area contributed by atoms with Crippen molar-refractivity contribution in [3.8, 4) is 0 Å². The summed E-state index contributed by atoms with van der Waals surface area (Å²) in [5, 5.41) is 9.06. The van der Waals surface area contributed by atoms with Gasteiger partial charge in [0.15, 0.2) is 0 Å². The Labute approximate surface area is 113 Å². The SMILES string of the molecule is Nc1ccc(C(=O)N2CCC[C@@H]2C(=O)O)cc1Br. The molecule has 6 heteroatoms. The van der Waals surface area contributed by atoms with Crippen LogP contribution in [0, 0.1) is 0 Å². The van der Waals surface area contributed by atoms with Crippen LogP contribution in [0.25, 0.3) is 0 Å². The quantitative estimate of drug-likeness (QED) is 0.814. The molecule has 0 bridgehead atoms. The number of carbonyl (C=O) groups is 2. The molecule has 0 radical (unpaired) electrons. The van der Waals surface area contributed by atoms with Crippen LogP contribution in [-0.4, -0.2) is 34.5 Å². The van der Waals surface area contributed by atoms with Crippen LogP contribution in [0.2, 0.25) is 0 Å². The summed E-state index contributed by atoms with van der Waals surface area (Å²) < 4.78 is 0.638. The number of amides is 1. The smallest absolute Gasteiger partial charge is 0.326 e. The van der Waals surface area contributed by atoms with E-state index in [1.807, 2.05) is 0 Å². The predicted octanol–water partition coefficient (Wildman–Crippen LogP) is 1.72. The Morgan fingerprint density at radius 2 is 2.17 bits per heavy atom. The monoisotopic (exact) mass is 312 g/mol. The summed E-state index contributed by atoms with van der Waals surface area (Å²) in [6.07, 6.45) is 1.23. The normalized spacial score (nSPS) is 18.9. The van der Waals surface area contributed by atoms with Gasteiger partial charge in [-0.3, -0.25) is 4.79 Å². The molecule has 5 nitrogen and oxygen atoms in total. The lowest BCUT2D eigenvalue weighted by atomic mass is 10.1. The number of carboxylic acids is 1. The van der Waals surface area contributed by atoms with Gasteiger partial charge in [0.25, 0.3) is 5.91 Å². The van der Waals surface area contributed by atoms with Crippen LogP contribution in [0.5, 0.6) is 0 Å². The van der Waals surface area contributed by atoms with E-state index in [9.17, 15) is 9.59 Å². The van der Waals surface area contributed by atoms with Gasteiger partial charge in [-0.05, 0) is 47.0 Å². The average molecular weight is 313 g/mol. The number of benzene rings is 1. The number of carbonyl (C=O) groups excluding carboxylic acids is 1. The van der Waals surface area contributed by atoms with E-state index in [0.29, 0.717) is 28.7 Å². The number of hydrogen-bond donors (Lipinski definition) is 2. The fraction of sp³-hybridized carbons (Fsp3) is 0.333. The van der Waals surface area contributed by atoms with E-state index in [2.05, 4.69) is 15.9 Å². The van der Waals surface area contributed by atoms with E-state index in [4.69, 9.17) is 10.8 Å². The first-order valence-corrected chi connectivity index (χ1v) is 6.39. The molecule has 1 aromatic carbocycles. The summed E-state index contributed by atoms with van der Waals surface area (Å²) in [4.78, 5) is 24.7. The van der Waals surface area contributed by atoms with Gasteiger partial charge in [-0.2, -0.15) is 0 Å². The Kier molecular flexibility index (Phi) is 3.56. The first kappa shape index (κ1) is 12.9. The minimum absolute atomic E-state index is 0.263. The molecule has 1 aromatic rings. The lowest BCUT2D eigenvalue weighted by molar-refractivity contribution is -0.141. The number of nitrogen functional groups attached to an aromatic ring is 1. The summed E-state index contributed by atoms with van der Waals surface area (Å²) in [7, 11) is 0. The number of halogens is 1. The van der Waals surface area contributed by atoms with Crippen molar-refractivity contribution < 1.29 is 14.7 Å². The van der Waals surface area contributed by atoms with Crippen molar-refractivity contribution in [1.82, 2.24) is 4.90 Å². The molecule has 1 amide bonds. The molecule has 0 aromatic heterocycles. The third-order valence-corrected chi connectivity index (χ3v) is 3.73. The molecular weight excluding hydrogens is 300 g/mol. The largest absolute Gasteiger partial charge is 0.480 e. The summed E-state index contributed by atoms with van der Waals surface area (Å²) in [5.74, 6) is -1.21. The third kappa shape index (κ3) is 2.33. The number of likely N-dealkylation sites (tertiary alicyclic amines) is 1. The van der Waals surface area contributed by atoms with Crippen LogP contribution in [0.3, 0.4) is 0 Å². The fourth-order valence-corrected chi connectivity index (χ4v) is 2.47. The Morgan fingerprint density at radius 1 is 1.44 bits per heavy atom. The standard InChI is InChI=1S/C12H13BrN2O3/c13-8-6-7(3-4-9(8)14)11(16)15-5-1-2-10(15)12(17)18/h3-4,6,10H,1-2,5,14H2,(H,17,18)/t10-/m1/s1. The molecule has 2 rings (SSSR count). The second-order valence-electron chi connectivity index (χ2n) is 4.23. The number of rotatable bonds is 2. The third-order valence-electron chi connectivity index (χ3n) is 3.05. The molecule has 1 fully saturated rings. The zero-order valence-corrected chi connectivity index (χ0v) is 11.2. The highest BCUT2D eigenvalue weighted by atomic mass is 79.9. The number of nitrogens with two attached hydrogens (primary N) is 1. The molecule has 18 heavy (non-hydrogen) atoms. The minimum Gasteiger partial charge on any atom is -0.480 e. The maximum atomic E-state index is 12.2. The maximum absolute atomic E-state index is 12.2. The van der Waals surface area contributed by atoms with Gasteiger partial charge in [0.1, 0.15) is 6.04 Å². The molecule has 0 aliphatic carbocycles. The minimum atomic E-state index is -0.949. The highest BCUT2D eigenvalue weighted by molar-refractivity contribution is 9.10. The second kappa shape index (κ2) is 4.97. The first-order valence-electron chi connectivity index (χ1n) is 5.59. The van der Waals surface area contributed by atoms with Gasteiger partial charge >= 0.3 is 5.97 Å². The van der Waals surface area contributed by atoms with Crippen molar-refractivity contribution in [3.05, 3.63) is 28.2 Å².